The topological polar surface area (TPSA) is 72.6 Å². The lowest BCUT2D eigenvalue weighted by molar-refractivity contribution is -0.120. The van der Waals surface area contributed by atoms with Crippen molar-refractivity contribution in [3.8, 4) is 5.75 Å². The second kappa shape index (κ2) is 7.56. The molecule has 5 nitrogen and oxygen atoms in total. The van der Waals surface area contributed by atoms with E-state index < -0.39 is 5.91 Å². The molecule has 0 bridgehead atoms. The van der Waals surface area contributed by atoms with E-state index in [9.17, 15) is 9.59 Å². The zero-order valence-electron chi connectivity index (χ0n) is 12.9. The second-order valence-electron chi connectivity index (χ2n) is 5.34. The Morgan fingerprint density at radius 1 is 1.20 bits per heavy atom. The molecule has 0 saturated carbocycles. The van der Waals surface area contributed by atoms with Gasteiger partial charge in [0.25, 0.3) is 5.91 Å². The van der Waals surface area contributed by atoms with Crippen molar-refractivity contribution in [3.05, 3.63) is 58.1 Å². The first-order valence-corrected chi connectivity index (χ1v) is 9.16. The minimum absolute atomic E-state index is 0.0295. The van der Waals surface area contributed by atoms with Crippen LogP contribution in [0.25, 0.3) is 0 Å². The van der Waals surface area contributed by atoms with Crippen molar-refractivity contribution in [2.45, 2.75) is 5.37 Å². The summed E-state index contributed by atoms with van der Waals surface area (Å²) >= 11 is 13.5. The Hall–Kier alpha value is -1.89. The third kappa shape index (κ3) is 4.03. The fourth-order valence-electron chi connectivity index (χ4n) is 2.53. The number of primary amides is 1. The summed E-state index contributed by atoms with van der Waals surface area (Å²) in [5.41, 5.74) is 6.59. The molecule has 25 heavy (non-hydrogen) atoms. The molecular weight excluding hydrogens is 383 g/mol. The van der Waals surface area contributed by atoms with Gasteiger partial charge in [-0.1, -0.05) is 23.2 Å². The standard InChI is InChI=1S/C17H14Cl2N2O3S/c18-10-1-4-12(5-2-10)21-16(23)9-25-17(21)13-7-11(19)3-6-14(13)24-8-15(20)22/h1-7,17H,8-9H2,(H2,20,22)/t17-/m0/s1. The number of nitrogens with zero attached hydrogens (tertiary/aromatic N) is 1. The van der Waals surface area contributed by atoms with E-state index >= 15 is 0 Å². The van der Waals surface area contributed by atoms with Crippen molar-refractivity contribution >= 4 is 52.5 Å². The van der Waals surface area contributed by atoms with Gasteiger partial charge in [0.15, 0.2) is 6.61 Å². The van der Waals surface area contributed by atoms with Gasteiger partial charge >= 0.3 is 0 Å². The van der Waals surface area contributed by atoms with Gasteiger partial charge in [0.2, 0.25) is 5.91 Å². The van der Waals surface area contributed by atoms with Crippen LogP contribution in [0.3, 0.4) is 0 Å². The van der Waals surface area contributed by atoms with Crippen molar-refractivity contribution < 1.29 is 14.3 Å². The number of halogens is 2. The van der Waals surface area contributed by atoms with Gasteiger partial charge < -0.3 is 10.5 Å². The molecule has 1 atom stereocenters. The van der Waals surface area contributed by atoms with E-state index in [1.165, 1.54) is 11.8 Å². The Kier molecular flexibility index (Phi) is 5.42. The van der Waals surface area contributed by atoms with Crippen LogP contribution in [-0.2, 0) is 9.59 Å². The van der Waals surface area contributed by atoms with Crippen molar-refractivity contribution in [2.24, 2.45) is 5.73 Å². The van der Waals surface area contributed by atoms with Crippen LogP contribution in [0.15, 0.2) is 42.5 Å². The minimum atomic E-state index is -0.578. The third-order valence-corrected chi connectivity index (χ3v) is 5.26. The zero-order chi connectivity index (χ0) is 18.0. The molecular formula is C17H14Cl2N2O3S. The molecule has 2 amide bonds. The Labute approximate surface area is 159 Å². The number of carbonyl (C=O) groups excluding carboxylic acids is 2. The van der Waals surface area contributed by atoms with E-state index in [2.05, 4.69) is 0 Å². The summed E-state index contributed by atoms with van der Waals surface area (Å²) in [6, 6.07) is 12.1. The molecule has 1 fully saturated rings. The van der Waals surface area contributed by atoms with Crippen LogP contribution in [0.5, 0.6) is 5.75 Å². The third-order valence-electron chi connectivity index (χ3n) is 3.58. The summed E-state index contributed by atoms with van der Waals surface area (Å²) in [6.45, 7) is -0.249. The highest BCUT2D eigenvalue weighted by Gasteiger charge is 2.36. The van der Waals surface area contributed by atoms with Crippen LogP contribution in [0.4, 0.5) is 5.69 Å². The molecule has 0 unspecified atom stereocenters. The average molecular weight is 397 g/mol. The van der Waals surface area contributed by atoms with Crippen molar-refractivity contribution in [3.63, 3.8) is 0 Å². The fourth-order valence-corrected chi connectivity index (χ4v) is 4.03. The lowest BCUT2D eigenvalue weighted by Gasteiger charge is -2.26. The van der Waals surface area contributed by atoms with Gasteiger partial charge in [0.1, 0.15) is 11.1 Å². The first kappa shape index (κ1) is 17.9. The van der Waals surface area contributed by atoms with Crippen LogP contribution in [0, 0.1) is 0 Å². The average Bonchev–Trinajstić information content (AvgIpc) is 2.96. The molecule has 2 aromatic carbocycles. The molecule has 2 aromatic rings. The molecule has 1 aliphatic rings. The minimum Gasteiger partial charge on any atom is -0.483 e. The predicted octanol–water partition coefficient (Wildman–Crippen LogP) is 3.64. The van der Waals surface area contributed by atoms with Crippen LogP contribution < -0.4 is 15.4 Å². The molecule has 0 spiro atoms. The number of carbonyl (C=O) groups is 2. The van der Waals surface area contributed by atoms with Crippen molar-refractivity contribution in [1.82, 2.24) is 0 Å². The summed E-state index contributed by atoms with van der Waals surface area (Å²) in [7, 11) is 0. The largest absolute Gasteiger partial charge is 0.483 e. The molecule has 2 N–H and O–H groups in total. The SMILES string of the molecule is NC(=O)COc1ccc(Cl)cc1[C@@H]1SCC(=O)N1c1ccc(Cl)cc1. The molecule has 130 valence electrons. The predicted molar refractivity (Wildman–Crippen MR) is 100 cm³/mol. The highest BCUT2D eigenvalue weighted by molar-refractivity contribution is 8.00. The normalized spacial score (nSPS) is 17.0. The van der Waals surface area contributed by atoms with E-state index in [-0.39, 0.29) is 17.9 Å². The molecule has 0 aliphatic carbocycles. The summed E-state index contributed by atoms with van der Waals surface area (Å²) in [6.07, 6.45) is 0. The van der Waals surface area contributed by atoms with Gasteiger partial charge in [-0.05, 0) is 42.5 Å². The Bertz CT molecular complexity index is 814. The summed E-state index contributed by atoms with van der Waals surface area (Å²) in [5, 5.41) is 0.778. The van der Waals surface area contributed by atoms with E-state index in [4.69, 9.17) is 33.7 Å². The van der Waals surface area contributed by atoms with Crippen LogP contribution in [0.1, 0.15) is 10.9 Å². The molecule has 1 aliphatic heterocycles. The number of nitrogens with two attached hydrogens (primary N) is 1. The van der Waals surface area contributed by atoms with Gasteiger partial charge in [0, 0.05) is 21.3 Å². The Balaban J connectivity index is 1.98. The number of thioether (sulfide) groups is 1. The van der Waals surface area contributed by atoms with Crippen LogP contribution in [0.2, 0.25) is 10.0 Å². The molecule has 0 radical (unpaired) electrons. The van der Waals surface area contributed by atoms with Gasteiger partial charge in [-0.25, -0.2) is 0 Å². The molecule has 3 rings (SSSR count). The van der Waals surface area contributed by atoms with E-state index in [0.29, 0.717) is 27.1 Å². The number of amides is 2. The second-order valence-corrected chi connectivity index (χ2v) is 7.28. The van der Waals surface area contributed by atoms with Gasteiger partial charge in [-0.2, -0.15) is 0 Å². The first-order chi connectivity index (χ1) is 12.0. The molecule has 8 heteroatoms. The Morgan fingerprint density at radius 2 is 1.88 bits per heavy atom. The molecule has 1 heterocycles. The monoisotopic (exact) mass is 396 g/mol. The van der Waals surface area contributed by atoms with E-state index in [0.717, 1.165) is 5.69 Å². The number of anilines is 1. The van der Waals surface area contributed by atoms with Gasteiger partial charge in [0.05, 0.1) is 5.75 Å². The summed E-state index contributed by atoms with van der Waals surface area (Å²) in [4.78, 5) is 25.1. The van der Waals surface area contributed by atoms with Gasteiger partial charge in [-0.3, -0.25) is 14.5 Å². The highest BCUT2D eigenvalue weighted by Crippen LogP contribution is 2.45. The lowest BCUT2D eigenvalue weighted by Crippen LogP contribution is -2.28. The van der Waals surface area contributed by atoms with Crippen LogP contribution in [-0.4, -0.2) is 24.2 Å². The van der Waals surface area contributed by atoms with E-state index in [1.54, 1.807) is 47.4 Å². The van der Waals surface area contributed by atoms with Crippen LogP contribution >= 0.6 is 35.0 Å². The summed E-state index contributed by atoms with van der Waals surface area (Å²) < 4.78 is 5.50. The van der Waals surface area contributed by atoms with Crippen molar-refractivity contribution in [2.75, 3.05) is 17.3 Å². The lowest BCUT2D eigenvalue weighted by atomic mass is 10.1. The van der Waals surface area contributed by atoms with E-state index in [1.807, 2.05) is 0 Å². The first-order valence-electron chi connectivity index (χ1n) is 7.35. The number of benzene rings is 2. The smallest absolute Gasteiger partial charge is 0.255 e. The quantitative estimate of drug-likeness (QED) is 0.836. The maximum Gasteiger partial charge on any atom is 0.255 e. The summed E-state index contributed by atoms with van der Waals surface area (Å²) in [5.74, 6) is 0.188. The number of rotatable bonds is 5. The van der Waals surface area contributed by atoms with Crippen molar-refractivity contribution in [1.29, 1.82) is 0 Å². The number of hydrogen-bond acceptors (Lipinski definition) is 4. The van der Waals surface area contributed by atoms with Gasteiger partial charge in [-0.15, -0.1) is 11.8 Å². The zero-order valence-corrected chi connectivity index (χ0v) is 15.3. The number of ether oxygens (including phenoxy) is 1. The fraction of sp³-hybridized carbons (Fsp3) is 0.176. The maximum absolute atomic E-state index is 12.4. The highest BCUT2D eigenvalue weighted by atomic mass is 35.5. The molecule has 1 saturated heterocycles. The number of hydrogen-bond donors (Lipinski definition) is 1. The Morgan fingerprint density at radius 3 is 2.56 bits per heavy atom. The maximum atomic E-state index is 12.4. The molecule has 0 aromatic heterocycles.